The van der Waals surface area contributed by atoms with Gasteiger partial charge in [0.15, 0.2) is 0 Å². The number of anilines is 1. The zero-order chi connectivity index (χ0) is 41.9. The molecule has 4 fully saturated rings. The Balaban J connectivity index is 0.751. The van der Waals surface area contributed by atoms with Gasteiger partial charge in [-0.15, -0.1) is 0 Å². The highest BCUT2D eigenvalue weighted by Gasteiger charge is 2.41. The van der Waals surface area contributed by atoms with Crippen molar-refractivity contribution in [1.82, 2.24) is 30.4 Å². The second-order valence-electron chi connectivity index (χ2n) is 17.1. The molecule has 2 N–H and O–H groups in total. The first-order valence-corrected chi connectivity index (χ1v) is 21.4. The van der Waals surface area contributed by atoms with Crippen molar-refractivity contribution in [2.45, 2.75) is 121 Å². The fraction of sp³-hybridized carbons (Fsp3) is 0.533. The lowest BCUT2D eigenvalue weighted by Gasteiger charge is -2.46. The lowest BCUT2D eigenvalue weighted by atomic mass is 9.85. The van der Waals surface area contributed by atoms with Crippen LogP contribution in [-0.4, -0.2) is 107 Å². The number of fused-ring (bicyclic) bond motifs is 1. The summed E-state index contributed by atoms with van der Waals surface area (Å²) in [6.45, 7) is 7.66. The van der Waals surface area contributed by atoms with Crippen LogP contribution in [-0.2, 0) is 16.1 Å². The number of aromatic nitrogens is 2. The number of hydrogen-bond donors (Lipinski definition) is 2. The van der Waals surface area contributed by atoms with Gasteiger partial charge in [-0.05, 0) is 101 Å². The number of imide groups is 1. The van der Waals surface area contributed by atoms with E-state index in [9.17, 15) is 24.4 Å². The van der Waals surface area contributed by atoms with Crippen LogP contribution in [0.3, 0.4) is 0 Å². The lowest BCUT2D eigenvalue weighted by Crippen LogP contribution is -2.53. The summed E-state index contributed by atoms with van der Waals surface area (Å²) in [6.07, 6.45) is 11.2. The molecule has 2 saturated heterocycles. The molecular formula is C45H54N8O7. The number of benzene rings is 2. The van der Waals surface area contributed by atoms with Crippen LogP contribution < -0.4 is 29.7 Å². The van der Waals surface area contributed by atoms with Gasteiger partial charge in [-0.2, -0.15) is 5.26 Å². The maximum Gasteiger partial charge on any atom is 0.271 e. The van der Waals surface area contributed by atoms with Crippen LogP contribution in [0.25, 0.3) is 0 Å². The number of carbonyl (C=O) groups is 4. The van der Waals surface area contributed by atoms with Gasteiger partial charge in [0.25, 0.3) is 11.8 Å². The lowest BCUT2D eigenvalue weighted by molar-refractivity contribution is -0.136. The number of nitrogens with zero attached hydrogens (tertiary/aromatic N) is 6. The SMILES string of the molecule is COc1cc(OC2CCC(NC(=O)c3cnc(N4CCC(CN(C(C)C)C5CC(Oc6ccc7c(c6)CN(C6CCC(=O)NC6=O)C7=O)C5)CC4)cn3)CC2)ccc1C#N. The van der Waals surface area contributed by atoms with Gasteiger partial charge in [-0.3, -0.25) is 29.4 Å². The van der Waals surface area contributed by atoms with E-state index in [0.717, 1.165) is 88.1 Å². The van der Waals surface area contributed by atoms with E-state index in [4.69, 9.17) is 14.2 Å². The number of ether oxygens (including phenoxy) is 3. The highest BCUT2D eigenvalue weighted by molar-refractivity contribution is 6.05. The van der Waals surface area contributed by atoms with Crippen molar-refractivity contribution >= 4 is 29.4 Å². The third-order valence-corrected chi connectivity index (χ3v) is 12.9. The number of piperidine rings is 2. The summed E-state index contributed by atoms with van der Waals surface area (Å²) in [5.41, 5.74) is 2.22. The van der Waals surface area contributed by atoms with Crippen LogP contribution in [0.15, 0.2) is 48.8 Å². The summed E-state index contributed by atoms with van der Waals surface area (Å²) < 4.78 is 17.9. The van der Waals surface area contributed by atoms with Crippen molar-refractivity contribution in [1.29, 1.82) is 5.26 Å². The number of hydrogen-bond acceptors (Lipinski definition) is 12. The van der Waals surface area contributed by atoms with Crippen molar-refractivity contribution in [2.24, 2.45) is 5.92 Å². The monoisotopic (exact) mass is 818 g/mol. The minimum atomic E-state index is -0.631. The summed E-state index contributed by atoms with van der Waals surface area (Å²) >= 11 is 0. The molecule has 0 spiro atoms. The van der Waals surface area contributed by atoms with E-state index >= 15 is 0 Å². The molecule has 316 valence electrons. The number of amides is 4. The summed E-state index contributed by atoms with van der Waals surface area (Å²) in [5, 5.41) is 14.7. The van der Waals surface area contributed by atoms with E-state index in [2.05, 4.69) is 50.3 Å². The molecule has 2 saturated carbocycles. The molecule has 15 nitrogen and oxygen atoms in total. The van der Waals surface area contributed by atoms with Crippen LogP contribution in [0.2, 0.25) is 0 Å². The van der Waals surface area contributed by atoms with E-state index in [0.29, 0.717) is 59.3 Å². The van der Waals surface area contributed by atoms with E-state index in [1.165, 1.54) is 7.11 Å². The molecule has 2 aliphatic carbocycles. The molecule has 2 aromatic carbocycles. The largest absolute Gasteiger partial charge is 0.495 e. The molecule has 4 amide bonds. The van der Waals surface area contributed by atoms with Gasteiger partial charge < -0.3 is 29.3 Å². The fourth-order valence-corrected chi connectivity index (χ4v) is 9.36. The first kappa shape index (κ1) is 41.0. The summed E-state index contributed by atoms with van der Waals surface area (Å²) in [7, 11) is 1.54. The van der Waals surface area contributed by atoms with Crippen molar-refractivity contribution in [3.05, 3.63) is 71.2 Å². The average Bonchev–Trinajstić information content (AvgIpc) is 3.56. The number of rotatable bonds is 13. The molecule has 8 rings (SSSR count). The predicted molar refractivity (Wildman–Crippen MR) is 221 cm³/mol. The number of carbonyl (C=O) groups excluding carboxylic acids is 4. The van der Waals surface area contributed by atoms with Crippen molar-refractivity contribution in [3.63, 3.8) is 0 Å². The Morgan fingerprint density at radius 1 is 0.950 bits per heavy atom. The molecule has 1 aromatic heterocycles. The van der Waals surface area contributed by atoms with Crippen LogP contribution in [0.4, 0.5) is 5.82 Å². The molecule has 3 aromatic rings. The van der Waals surface area contributed by atoms with Crippen LogP contribution in [0, 0.1) is 17.2 Å². The van der Waals surface area contributed by atoms with Crippen LogP contribution in [0.5, 0.6) is 17.2 Å². The molecule has 1 unspecified atom stereocenters. The predicted octanol–water partition coefficient (Wildman–Crippen LogP) is 4.77. The molecule has 0 bridgehead atoms. The summed E-state index contributed by atoms with van der Waals surface area (Å²) in [4.78, 5) is 65.8. The van der Waals surface area contributed by atoms with E-state index in [1.54, 1.807) is 41.6 Å². The Morgan fingerprint density at radius 2 is 1.68 bits per heavy atom. The van der Waals surface area contributed by atoms with Crippen LogP contribution >= 0.6 is 0 Å². The maximum absolute atomic E-state index is 13.1. The van der Waals surface area contributed by atoms with E-state index in [1.807, 2.05) is 12.1 Å². The molecule has 15 heteroatoms. The summed E-state index contributed by atoms with van der Waals surface area (Å²) in [5.74, 6) is 2.17. The molecular weight excluding hydrogens is 765 g/mol. The molecule has 4 heterocycles. The summed E-state index contributed by atoms with van der Waals surface area (Å²) in [6, 6.07) is 13.2. The number of methoxy groups -OCH3 is 1. The van der Waals surface area contributed by atoms with Crippen molar-refractivity contribution in [2.75, 3.05) is 31.6 Å². The van der Waals surface area contributed by atoms with Gasteiger partial charge in [0.1, 0.15) is 47.0 Å². The second-order valence-corrected chi connectivity index (χ2v) is 17.1. The Bertz CT molecular complexity index is 2120. The number of nitriles is 1. The van der Waals surface area contributed by atoms with E-state index in [-0.39, 0.29) is 42.4 Å². The zero-order valence-electron chi connectivity index (χ0n) is 34.6. The quantitative estimate of drug-likeness (QED) is 0.226. The first-order valence-electron chi connectivity index (χ1n) is 21.4. The second kappa shape index (κ2) is 17.8. The third-order valence-electron chi connectivity index (χ3n) is 12.9. The molecule has 0 radical (unpaired) electrons. The first-order chi connectivity index (χ1) is 29.0. The smallest absolute Gasteiger partial charge is 0.271 e. The molecule has 3 aliphatic heterocycles. The van der Waals surface area contributed by atoms with Crippen LogP contribution in [0.1, 0.15) is 110 Å². The third kappa shape index (κ3) is 9.03. The molecule has 5 aliphatic rings. The topological polar surface area (TPSA) is 179 Å². The Kier molecular flexibility index (Phi) is 12.2. The minimum absolute atomic E-state index is 0.0279. The van der Waals surface area contributed by atoms with Gasteiger partial charge in [0.2, 0.25) is 11.8 Å². The van der Waals surface area contributed by atoms with Crippen molar-refractivity contribution in [3.8, 4) is 23.3 Å². The van der Waals surface area contributed by atoms with Gasteiger partial charge in [-0.1, -0.05) is 0 Å². The van der Waals surface area contributed by atoms with Gasteiger partial charge >= 0.3 is 0 Å². The standard InChI is InChI=1S/C45H54N8O7/c1-27(2)52(32-19-36(20-32)60-34-10-11-37-30(18-34)26-53(45(37)57)39-12-13-42(54)50-44(39)56)25-28-14-16-51(17-15-28)41-24-47-38(23-48-41)43(55)49-31-5-8-33(9-6-31)59-35-7-4-29(22-46)40(21-35)58-3/h4,7,10-11,18,21,23-24,27-28,31-33,36,39H,5-6,8-9,12-17,19-20,25-26H2,1-3H3,(H,49,55)(H,50,54,56). The Labute approximate surface area is 350 Å². The highest BCUT2D eigenvalue weighted by atomic mass is 16.5. The Morgan fingerprint density at radius 3 is 2.37 bits per heavy atom. The van der Waals surface area contributed by atoms with Crippen molar-refractivity contribution < 1.29 is 33.4 Å². The normalized spacial score (nSPS) is 24.4. The zero-order valence-corrected chi connectivity index (χ0v) is 34.6. The highest BCUT2D eigenvalue weighted by Crippen LogP contribution is 2.36. The maximum atomic E-state index is 13.1. The number of nitrogens with one attached hydrogen (secondary N) is 2. The van der Waals surface area contributed by atoms with Gasteiger partial charge in [0, 0.05) is 75.2 Å². The van der Waals surface area contributed by atoms with Gasteiger partial charge in [0.05, 0.1) is 31.2 Å². The van der Waals surface area contributed by atoms with E-state index < -0.39 is 11.9 Å². The molecule has 1 atom stereocenters. The minimum Gasteiger partial charge on any atom is -0.495 e. The Hall–Kier alpha value is -5.75. The fourth-order valence-electron chi connectivity index (χ4n) is 9.36. The van der Waals surface area contributed by atoms with Gasteiger partial charge in [-0.25, -0.2) is 9.97 Å². The molecule has 60 heavy (non-hydrogen) atoms. The average molecular weight is 819 g/mol.